The SMILES string of the molecule is CCO.[Li+]. The Morgan fingerprint density at radius 1 is 1.75 bits per heavy atom. The van der Waals surface area contributed by atoms with Gasteiger partial charge in [0.05, 0.1) is 0 Å². The molecule has 0 rings (SSSR count). The molecule has 0 heterocycles. The van der Waals surface area contributed by atoms with Crippen LogP contribution < -0.4 is 18.9 Å². The first-order chi connectivity index (χ1) is 1.41. The van der Waals surface area contributed by atoms with Crippen molar-refractivity contribution < 1.29 is 24.0 Å². The van der Waals surface area contributed by atoms with Crippen molar-refractivity contribution >= 4 is 0 Å². The molecule has 20 valence electrons. The molecule has 4 heavy (non-hydrogen) atoms. The molecule has 0 aromatic carbocycles. The predicted octanol–water partition coefficient (Wildman–Crippen LogP) is -3.00. The molecular formula is C2H6LiO+. The first-order valence-electron chi connectivity index (χ1n) is 1.02. The second-order valence-corrected chi connectivity index (χ2v) is 0.316. The van der Waals surface area contributed by atoms with Gasteiger partial charge in [0, 0.05) is 6.61 Å². The third kappa shape index (κ3) is 20.0. The van der Waals surface area contributed by atoms with Gasteiger partial charge < -0.3 is 5.11 Å². The summed E-state index contributed by atoms with van der Waals surface area (Å²) in [6, 6.07) is 0. The normalized spacial score (nSPS) is 4.50. The standard InChI is InChI=1S/C2H6O.Li/c1-2-3;/h3H,2H2,1H3;/q;+1. The van der Waals surface area contributed by atoms with E-state index in [2.05, 4.69) is 0 Å². The largest absolute Gasteiger partial charge is 1.00 e. The molecule has 1 N–H and O–H groups in total. The Hall–Kier alpha value is 0.557. The molecule has 0 atom stereocenters. The smallest absolute Gasteiger partial charge is 0.397 e. The van der Waals surface area contributed by atoms with Gasteiger partial charge in [0.15, 0.2) is 0 Å². The Morgan fingerprint density at radius 2 is 1.75 bits per heavy atom. The average molecular weight is 53.0 g/mol. The fourth-order valence-corrected chi connectivity index (χ4v) is 0. The van der Waals surface area contributed by atoms with Crippen LogP contribution in [0.5, 0.6) is 0 Å². The second kappa shape index (κ2) is 9.59. The number of hydrogen-bond donors (Lipinski definition) is 1. The fourth-order valence-electron chi connectivity index (χ4n) is 0. The summed E-state index contributed by atoms with van der Waals surface area (Å²) in [5.74, 6) is 0. The summed E-state index contributed by atoms with van der Waals surface area (Å²) in [7, 11) is 0. The van der Waals surface area contributed by atoms with Crippen LogP contribution in [0.15, 0.2) is 0 Å². The van der Waals surface area contributed by atoms with E-state index in [-0.39, 0.29) is 25.5 Å². The zero-order valence-corrected chi connectivity index (χ0v) is 3.15. The van der Waals surface area contributed by atoms with Crippen molar-refractivity contribution in [1.82, 2.24) is 0 Å². The molecule has 1 nitrogen and oxygen atoms in total. The molecule has 0 amide bonds. The van der Waals surface area contributed by atoms with E-state index in [0.29, 0.717) is 0 Å². The van der Waals surface area contributed by atoms with E-state index in [4.69, 9.17) is 5.11 Å². The van der Waals surface area contributed by atoms with E-state index in [0.717, 1.165) is 0 Å². The molecule has 0 radical (unpaired) electrons. The molecule has 0 aliphatic heterocycles. The molecule has 2 heteroatoms. The van der Waals surface area contributed by atoms with Crippen LogP contribution in [0.3, 0.4) is 0 Å². The molecule has 0 aromatic rings. The molecule has 0 aliphatic carbocycles. The van der Waals surface area contributed by atoms with Crippen molar-refractivity contribution in [3.8, 4) is 0 Å². The van der Waals surface area contributed by atoms with Gasteiger partial charge in [-0.2, -0.15) is 0 Å². The summed E-state index contributed by atoms with van der Waals surface area (Å²) >= 11 is 0. The van der Waals surface area contributed by atoms with Gasteiger partial charge in [-0.25, -0.2) is 0 Å². The Morgan fingerprint density at radius 3 is 1.75 bits per heavy atom. The van der Waals surface area contributed by atoms with Crippen molar-refractivity contribution in [2.45, 2.75) is 6.92 Å². The number of rotatable bonds is 0. The maximum atomic E-state index is 7.57. The molecule has 0 spiro atoms. The molecular weight excluding hydrogens is 47.0 g/mol. The van der Waals surface area contributed by atoms with Gasteiger partial charge in [0.2, 0.25) is 0 Å². The summed E-state index contributed by atoms with van der Waals surface area (Å²) in [5.41, 5.74) is 0. The quantitative estimate of drug-likeness (QED) is 0.292. The predicted molar refractivity (Wildman–Crippen MR) is 12.8 cm³/mol. The molecule has 0 aliphatic rings. The third-order valence-electron chi connectivity index (χ3n) is 0. The minimum Gasteiger partial charge on any atom is -0.397 e. The summed E-state index contributed by atoms with van der Waals surface area (Å²) in [6.07, 6.45) is 0. The van der Waals surface area contributed by atoms with E-state index in [1.165, 1.54) is 0 Å². The number of hydrogen-bond acceptors (Lipinski definition) is 1. The topological polar surface area (TPSA) is 20.2 Å². The minimum absolute atomic E-state index is 0. The molecule has 0 aromatic heterocycles. The zero-order chi connectivity index (χ0) is 2.71. The monoisotopic (exact) mass is 53.1 g/mol. The summed E-state index contributed by atoms with van der Waals surface area (Å²) in [6.45, 7) is 1.93. The van der Waals surface area contributed by atoms with E-state index in [9.17, 15) is 0 Å². The van der Waals surface area contributed by atoms with Gasteiger partial charge in [-0.05, 0) is 6.92 Å². The Labute approximate surface area is 38.2 Å². The van der Waals surface area contributed by atoms with Crippen molar-refractivity contribution in [1.29, 1.82) is 0 Å². The maximum Gasteiger partial charge on any atom is 1.00 e. The summed E-state index contributed by atoms with van der Waals surface area (Å²) in [5, 5.41) is 7.57. The summed E-state index contributed by atoms with van der Waals surface area (Å²) < 4.78 is 0. The van der Waals surface area contributed by atoms with Crippen molar-refractivity contribution in [3.63, 3.8) is 0 Å². The van der Waals surface area contributed by atoms with Gasteiger partial charge in [-0.1, -0.05) is 0 Å². The van der Waals surface area contributed by atoms with Gasteiger partial charge >= 0.3 is 18.9 Å². The first kappa shape index (κ1) is 8.82. The van der Waals surface area contributed by atoms with E-state index >= 15 is 0 Å². The molecule has 0 saturated carbocycles. The first-order valence-corrected chi connectivity index (χ1v) is 1.02. The second-order valence-electron chi connectivity index (χ2n) is 0.316. The van der Waals surface area contributed by atoms with Crippen LogP contribution in [0.25, 0.3) is 0 Å². The molecule has 0 fully saturated rings. The van der Waals surface area contributed by atoms with Crippen molar-refractivity contribution in [2.24, 2.45) is 0 Å². The summed E-state index contributed by atoms with van der Waals surface area (Å²) in [4.78, 5) is 0. The average Bonchev–Trinajstić information content (AvgIpc) is 0.918. The Kier molecular flexibility index (Phi) is 21.1. The van der Waals surface area contributed by atoms with Crippen molar-refractivity contribution in [2.75, 3.05) is 6.61 Å². The van der Waals surface area contributed by atoms with Gasteiger partial charge in [-0.15, -0.1) is 0 Å². The van der Waals surface area contributed by atoms with E-state index in [1.807, 2.05) is 0 Å². The fraction of sp³-hybridized carbons (Fsp3) is 1.00. The zero-order valence-electron chi connectivity index (χ0n) is 3.15. The number of aliphatic hydroxyl groups is 1. The van der Waals surface area contributed by atoms with Crippen molar-refractivity contribution in [3.05, 3.63) is 0 Å². The van der Waals surface area contributed by atoms with Crippen LogP contribution in [0.2, 0.25) is 0 Å². The maximum absolute atomic E-state index is 7.57. The Bertz CT molecular complexity index is 6.00. The van der Waals surface area contributed by atoms with Gasteiger partial charge in [0.25, 0.3) is 0 Å². The van der Waals surface area contributed by atoms with Gasteiger partial charge in [-0.3, -0.25) is 0 Å². The van der Waals surface area contributed by atoms with Crippen LogP contribution in [-0.2, 0) is 0 Å². The van der Waals surface area contributed by atoms with Crippen LogP contribution in [0, 0.1) is 0 Å². The van der Waals surface area contributed by atoms with Gasteiger partial charge in [0.1, 0.15) is 0 Å². The number of aliphatic hydroxyl groups excluding tert-OH is 1. The van der Waals surface area contributed by atoms with Crippen LogP contribution in [0.4, 0.5) is 0 Å². The third-order valence-corrected chi connectivity index (χ3v) is 0. The minimum atomic E-state index is 0. The van der Waals surface area contributed by atoms with E-state index in [1.54, 1.807) is 6.92 Å². The molecule has 0 unspecified atom stereocenters. The molecule has 0 bridgehead atoms. The van der Waals surface area contributed by atoms with Crippen LogP contribution in [0.1, 0.15) is 6.92 Å². The Balaban J connectivity index is 0. The van der Waals surface area contributed by atoms with E-state index < -0.39 is 0 Å². The van der Waals surface area contributed by atoms with Crippen LogP contribution >= 0.6 is 0 Å². The molecule has 0 saturated heterocycles. The van der Waals surface area contributed by atoms with Crippen LogP contribution in [-0.4, -0.2) is 11.7 Å².